The van der Waals surface area contributed by atoms with Gasteiger partial charge in [0, 0.05) is 34.7 Å². The van der Waals surface area contributed by atoms with Gasteiger partial charge in [-0.2, -0.15) is 13.2 Å². The first-order valence-corrected chi connectivity index (χ1v) is 8.26. The van der Waals surface area contributed by atoms with E-state index in [2.05, 4.69) is 0 Å². The number of alkyl halides is 3. The minimum atomic E-state index is -4.45. The van der Waals surface area contributed by atoms with Crippen molar-refractivity contribution in [2.24, 2.45) is 0 Å². The van der Waals surface area contributed by atoms with Gasteiger partial charge in [-0.25, -0.2) is 0 Å². The maximum Gasteiger partial charge on any atom is 0.419 e. The summed E-state index contributed by atoms with van der Waals surface area (Å²) in [6, 6.07) is 5.25. The van der Waals surface area contributed by atoms with Crippen molar-refractivity contribution < 1.29 is 13.2 Å². The Hall–Kier alpha value is -0.840. The summed E-state index contributed by atoms with van der Waals surface area (Å²) in [5, 5.41) is 0.855. The van der Waals surface area contributed by atoms with Crippen molar-refractivity contribution in [2.45, 2.75) is 31.0 Å². The number of hydrogen-bond acceptors (Lipinski definition) is 1. The number of nitrogens with zero attached hydrogens (tertiary/aromatic N) is 1. The van der Waals surface area contributed by atoms with Gasteiger partial charge in [0.1, 0.15) is 0 Å². The van der Waals surface area contributed by atoms with Gasteiger partial charge in [0.05, 0.1) is 10.6 Å². The molecule has 1 heterocycles. The smallest absolute Gasteiger partial charge is 0.369 e. The van der Waals surface area contributed by atoms with E-state index in [1.807, 2.05) is 6.07 Å². The van der Waals surface area contributed by atoms with Crippen LogP contribution in [0.2, 0.25) is 10.0 Å². The highest BCUT2D eigenvalue weighted by atomic mass is 35.5. The molecule has 7 heteroatoms. The fraction of sp³-hybridized carbons (Fsp3) is 0.375. The monoisotopic (exact) mass is 381 g/mol. The van der Waals surface area contributed by atoms with Crippen LogP contribution in [0.5, 0.6) is 0 Å². The van der Waals surface area contributed by atoms with Gasteiger partial charge in [0.25, 0.3) is 0 Å². The Kier molecular flexibility index (Phi) is 4.60. The first kappa shape index (κ1) is 17.0. The maximum atomic E-state index is 13.0. The molecule has 0 radical (unpaired) electrons. The summed E-state index contributed by atoms with van der Waals surface area (Å²) in [5.41, 5.74) is 0.133. The summed E-state index contributed by atoms with van der Waals surface area (Å²) >= 11 is 17.8. The molecule has 0 bridgehead atoms. The first-order valence-electron chi connectivity index (χ1n) is 7.13. The molecular formula is C16H13Cl3F3N. The van der Waals surface area contributed by atoms with E-state index in [9.17, 15) is 13.2 Å². The lowest BCUT2D eigenvalue weighted by Crippen LogP contribution is -2.44. The highest BCUT2D eigenvalue weighted by Gasteiger charge is 2.41. The highest BCUT2D eigenvalue weighted by Crippen LogP contribution is 2.45. The Morgan fingerprint density at radius 2 is 1.83 bits per heavy atom. The molecule has 1 nitrogen and oxygen atoms in total. The predicted octanol–water partition coefficient (Wildman–Crippen LogP) is 6.12. The minimum Gasteiger partial charge on any atom is -0.369 e. The standard InChI is InChI=1S/C16H13Cl3F3N/c17-9-1-2-10(14(19)7-9)11-3-4-15(11)23-6-5-13(18)12(8-23)16(20,21)22/h1-2,5,7-8,11,15H,3-4,6H2/t11-,15-/m0/s1. The van der Waals surface area contributed by atoms with Crippen LogP contribution in [0.25, 0.3) is 0 Å². The number of halogens is 6. The molecule has 0 spiro atoms. The van der Waals surface area contributed by atoms with Crippen LogP contribution in [0.3, 0.4) is 0 Å². The molecule has 0 saturated heterocycles. The zero-order valence-corrected chi connectivity index (χ0v) is 14.1. The van der Waals surface area contributed by atoms with Crippen LogP contribution >= 0.6 is 34.8 Å². The summed E-state index contributed by atoms with van der Waals surface area (Å²) in [6.07, 6.45) is -0.221. The largest absolute Gasteiger partial charge is 0.419 e. The Balaban J connectivity index is 1.84. The van der Waals surface area contributed by atoms with Crippen LogP contribution < -0.4 is 0 Å². The Labute approximate surface area is 147 Å². The molecule has 1 fully saturated rings. The second-order valence-electron chi connectivity index (χ2n) is 5.71. The SMILES string of the molecule is FC(F)(F)C1=CN([C@H]2CC[C@H]2c2ccc(Cl)cc2Cl)CC=C1Cl. The van der Waals surface area contributed by atoms with E-state index in [4.69, 9.17) is 34.8 Å². The Morgan fingerprint density at radius 1 is 1.09 bits per heavy atom. The highest BCUT2D eigenvalue weighted by molar-refractivity contribution is 6.35. The molecule has 0 unspecified atom stereocenters. The molecule has 0 N–H and O–H groups in total. The average molecular weight is 383 g/mol. The normalized spacial score (nSPS) is 24.9. The minimum absolute atomic E-state index is 0.0213. The molecule has 2 atom stereocenters. The molecule has 1 aromatic rings. The van der Waals surface area contributed by atoms with Crippen molar-refractivity contribution in [3.8, 4) is 0 Å². The third-order valence-corrected chi connectivity index (χ3v) is 5.29. The molecule has 1 saturated carbocycles. The lowest BCUT2D eigenvalue weighted by Gasteiger charge is -2.45. The molecule has 1 aliphatic carbocycles. The van der Waals surface area contributed by atoms with Gasteiger partial charge >= 0.3 is 6.18 Å². The van der Waals surface area contributed by atoms with Gasteiger partial charge < -0.3 is 4.90 Å². The van der Waals surface area contributed by atoms with Gasteiger partial charge in [0.2, 0.25) is 0 Å². The Bertz CT molecular complexity index is 682. The van der Waals surface area contributed by atoms with E-state index in [-0.39, 0.29) is 17.0 Å². The van der Waals surface area contributed by atoms with E-state index < -0.39 is 11.7 Å². The zero-order valence-electron chi connectivity index (χ0n) is 11.9. The van der Waals surface area contributed by atoms with Crippen molar-refractivity contribution in [3.63, 3.8) is 0 Å². The van der Waals surface area contributed by atoms with Crippen molar-refractivity contribution >= 4 is 34.8 Å². The lowest BCUT2D eigenvalue weighted by atomic mass is 9.74. The van der Waals surface area contributed by atoms with Crippen molar-refractivity contribution in [1.82, 2.24) is 4.90 Å². The van der Waals surface area contributed by atoms with Crippen LogP contribution in [-0.4, -0.2) is 23.7 Å². The van der Waals surface area contributed by atoms with Gasteiger partial charge in [-0.05, 0) is 36.6 Å². The van der Waals surface area contributed by atoms with Crippen LogP contribution in [0.15, 0.2) is 41.1 Å². The van der Waals surface area contributed by atoms with Gasteiger partial charge in [-0.1, -0.05) is 40.9 Å². The third kappa shape index (κ3) is 3.35. The number of allylic oxidation sites excluding steroid dienone is 2. The molecule has 0 amide bonds. The summed E-state index contributed by atoms with van der Waals surface area (Å²) in [7, 11) is 0. The van der Waals surface area contributed by atoms with Gasteiger partial charge in [-0.15, -0.1) is 0 Å². The van der Waals surface area contributed by atoms with E-state index in [1.165, 1.54) is 6.08 Å². The fourth-order valence-corrected chi connectivity index (χ4v) is 3.83. The first-order chi connectivity index (χ1) is 10.8. The summed E-state index contributed by atoms with van der Waals surface area (Å²) in [6.45, 7) is 0.366. The number of benzene rings is 1. The van der Waals surface area contributed by atoms with Crippen molar-refractivity contribution in [3.05, 3.63) is 56.7 Å². The predicted molar refractivity (Wildman–Crippen MR) is 87.0 cm³/mol. The molecule has 1 aliphatic heterocycles. The number of rotatable bonds is 2. The topological polar surface area (TPSA) is 3.24 Å². The molecule has 0 aromatic heterocycles. The van der Waals surface area contributed by atoms with E-state index >= 15 is 0 Å². The molecule has 124 valence electrons. The van der Waals surface area contributed by atoms with Crippen LogP contribution in [-0.2, 0) is 0 Å². The molecular weight excluding hydrogens is 370 g/mol. The van der Waals surface area contributed by atoms with Crippen LogP contribution in [0, 0.1) is 0 Å². The molecule has 23 heavy (non-hydrogen) atoms. The maximum absolute atomic E-state index is 13.0. The Morgan fingerprint density at radius 3 is 2.39 bits per heavy atom. The van der Waals surface area contributed by atoms with Crippen LogP contribution in [0.4, 0.5) is 13.2 Å². The summed E-state index contributed by atoms with van der Waals surface area (Å²) in [5.74, 6) is 0.0933. The van der Waals surface area contributed by atoms with Crippen molar-refractivity contribution in [1.29, 1.82) is 0 Å². The second-order valence-corrected chi connectivity index (χ2v) is 6.96. The fourth-order valence-electron chi connectivity index (χ4n) is 3.06. The van der Waals surface area contributed by atoms with E-state index in [0.29, 0.717) is 16.6 Å². The summed E-state index contributed by atoms with van der Waals surface area (Å²) < 4.78 is 39.1. The number of hydrogen-bond donors (Lipinski definition) is 0. The van der Waals surface area contributed by atoms with Gasteiger partial charge in [-0.3, -0.25) is 0 Å². The zero-order chi connectivity index (χ0) is 16.8. The quantitative estimate of drug-likeness (QED) is 0.595. The lowest BCUT2D eigenvalue weighted by molar-refractivity contribution is -0.0905. The van der Waals surface area contributed by atoms with Crippen LogP contribution in [0.1, 0.15) is 24.3 Å². The molecule has 1 aromatic carbocycles. The second kappa shape index (κ2) is 6.23. The molecule has 2 aliphatic rings. The van der Waals surface area contributed by atoms with E-state index in [1.54, 1.807) is 17.0 Å². The summed E-state index contributed by atoms with van der Waals surface area (Å²) in [4.78, 5) is 1.70. The average Bonchev–Trinajstić information content (AvgIpc) is 2.41. The van der Waals surface area contributed by atoms with E-state index in [0.717, 1.165) is 24.6 Å². The van der Waals surface area contributed by atoms with Crippen molar-refractivity contribution in [2.75, 3.05) is 6.54 Å². The molecule has 3 rings (SSSR count). The third-order valence-electron chi connectivity index (χ3n) is 4.36. The van der Waals surface area contributed by atoms with Gasteiger partial charge in [0.15, 0.2) is 0 Å².